The summed E-state index contributed by atoms with van der Waals surface area (Å²) in [5, 5.41) is 18.4. The molecule has 0 aromatic heterocycles. The number of likely N-dealkylation sites (tertiary alicyclic amines) is 1. The second-order valence-electron chi connectivity index (χ2n) is 4.98. The van der Waals surface area contributed by atoms with E-state index in [1.165, 1.54) is 29.2 Å². The Morgan fingerprint density at radius 2 is 2.05 bits per heavy atom. The van der Waals surface area contributed by atoms with E-state index in [0.717, 1.165) is 0 Å². The van der Waals surface area contributed by atoms with Gasteiger partial charge in [0.05, 0.1) is 0 Å². The molecule has 0 radical (unpaired) electrons. The van der Waals surface area contributed by atoms with Gasteiger partial charge < -0.3 is 15.1 Å². The van der Waals surface area contributed by atoms with Gasteiger partial charge in [-0.15, -0.1) is 0 Å². The molecule has 0 bridgehead atoms. The highest BCUT2D eigenvalue weighted by Gasteiger charge is 2.37. The van der Waals surface area contributed by atoms with Crippen molar-refractivity contribution in [1.29, 1.82) is 0 Å². The second kappa shape index (κ2) is 6.00. The van der Waals surface area contributed by atoms with Crippen LogP contribution in [0.4, 0.5) is 4.39 Å². The zero-order valence-corrected chi connectivity index (χ0v) is 10.8. The van der Waals surface area contributed by atoms with Crippen molar-refractivity contribution >= 4 is 11.9 Å². The number of hydrogen-bond donors (Lipinski definition) is 2. The molecule has 6 heteroatoms. The molecular formula is C14H16FNO4. The molecule has 5 nitrogen and oxygen atoms in total. The number of halogens is 1. The highest BCUT2D eigenvalue weighted by Crippen LogP contribution is 2.22. The van der Waals surface area contributed by atoms with E-state index in [-0.39, 0.29) is 37.8 Å². The zero-order chi connectivity index (χ0) is 14.7. The van der Waals surface area contributed by atoms with E-state index in [2.05, 4.69) is 0 Å². The Labute approximate surface area is 115 Å². The van der Waals surface area contributed by atoms with Crippen LogP contribution in [0.3, 0.4) is 0 Å². The highest BCUT2D eigenvalue weighted by atomic mass is 19.1. The fraction of sp³-hybridized carbons (Fsp3) is 0.429. The number of aliphatic hydroxyl groups excluding tert-OH is 1. The van der Waals surface area contributed by atoms with E-state index in [1.807, 2.05) is 0 Å². The van der Waals surface area contributed by atoms with Crippen LogP contribution < -0.4 is 0 Å². The van der Waals surface area contributed by atoms with E-state index >= 15 is 0 Å². The van der Waals surface area contributed by atoms with Gasteiger partial charge in [-0.3, -0.25) is 4.79 Å². The lowest BCUT2D eigenvalue weighted by atomic mass is 10.0. The maximum atomic E-state index is 12.8. The molecular weight excluding hydrogens is 265 g/mol. The maximum absolute atomic E-state index is 12.8. The van der Waals surface area contributed by atoms with Gasteiger partial charge in [-0.25, -0.2) is 9.18 Å². The lowest BCUT2D eigenvalue weighted by molar-refractivity contribution is -0.148. The number of carbonyl (C=O) groups is 2. The Bertz CT molecular complexity index is 502. The van der Waals surface area contributed by atoms with Crippen molar-refractivity contribution in [3.05, 3.63) is 35.6 Å². The van der Waals surface area contributed by atoms with Gasteiger partial charge in [-0.1, -0.05) is 12.1 Å². The summed E-state index contributed by atoms with van der Waals surface area (Å²) in [7, 11) is 0. The number of aliphatic carboxylic acids is 1. The van der Waals surface area contributed by atoms with Crippen molar-refractivity contribution in [3.8, 4) is 0 Å². The Morgan fingerprint density at radius 3 is 2.55 bits per heavy atom. The molecule has 1 fully saturated rings. The number of carbonyl (C=O) groups excluding carboxylic acids is 1. The molecule has 1 heterocycles. The SMILES string of the molecule is O=C(O)[C@H](Cc1ccc(F)cc1)N1CC(CO)CC1=O. The summed E-state index contributed by atoms with van der Waals surface area (Å²) in [5.41, 5.74) is 0.652. The van der Waals surface area contributed by atoms with Crippen LogP contribution in [0.25, 0.3) is 0 Å². The Morgan fingerprint density at radius 1 is 1.40 bits per heavy atom. The minimum absolute atomic E-state index is 0.125. The van der Waals surface area contributed by atoms with E-state index < -0.39 is 17.8 Å². The Kier molecular flexibility index (Phi) is 4.34. The van der Waals surface area contributed by atoms with Crippen molar-refractivity contribution < 1.29 is 24.2 Å². The first kappa shape index (κ1) is 14.5. The average molecular weight is 281 g/mol. The first-order valence-corrected chi connectivity index (χ1v) is 6.39. The number of hydrogen-bond acceptors (Lipinski definition) is 3. The van der Waals surface area contributed by atoms with Crippen molar-refractivity contribution in [2.24, 2.45) is 5.92 Å². The van der Waals surface area contributed by atoms with Gasteiger partial charge in [0.25, 0.3) is 0 Å². The third-order valence-electron chi connectivity index (χ3n) is 3.50. The molecule has 1 saturated heterocycles. The molecule has 0 saturated carbocycles. The minimum atomic E-state index is -1.10. The zero-order valence-electron chi connectivity index (χ0n) is 10.8. The van der Waals surface area contributed by atoms with Gasteiger partial charge in [0.2, 0.25) is 5.91 Å². The van der Waals surface area contributed by atoms with Crippen LogP contribution in [0, 0.1) is 11.7 Å². The molecule has 2 atom stereocenters. The van der Waals surface area contributed by atoms with Gasteiger partial charge >= 0.3 is 5.97 Å². The summed E-state index contributed by atoms with van der Waals surface area (Å²) in [5.74, 6) is -1.96. The number of amides is 1. The molecule has 108 valence electrons. The fourth-order valence-electron chi connectivity index (χ4n) is 2.41. The van der Waals surface area contributed by atoms with Crippen LogP contribution >= 0.6 is 0 Å². The third-order valence-corrected chi connectivity index (χ3v) is 3.50. The van der Waals surface area contributed by atoms with E-state index in [4.69, 9.17) is 5.11 Å². The smallest absolute Gasteiger partial charge is 0.326 e. The van der Waals surface area contributed by atoms with Crippen LogP contribution in [0.2, 0.25) is 0 Å². The molecule has 1 aliphatic rings. The predicted octanol–water partition coefficient (Wildman–Crippen LogP) is 0.662. The number of carboxylic acids is 1. The Hall–Kier alpha value is -1.95. The van der Waals surface area contributed by atoms with Crippen molar-refractivity contribution in [1.82, 2.24) is 4.90 Å². The highest BCUT2D eigenvalue weighted by molar-refractivity contribution is 5.85. The lowest BCUT2D eigenvalue weighted by Crippen LogP contribution is -2.43. The number of carboxylic acid groups (broad SMARTS) is 1. The van der Waals surface area contributed by atoms with E-state index in [0.29, 0.717) is 5.56 Å². The standard InChI is InChI=1S/C14H16FNO4/c15-11-3-1-9(2-4-11)5-12(14(19)20)16-7-10(8-17)6-13(16)18/h1-4,10,12,17H,5-8H2,(H,19,20)/t10?,12-/m0/s1. The van der Waals surface area contributed by atoms with Gasteiger partial charge in [0.15, 0.2) is 0 Å². The summed E-state index contributed by atoms with van der Waals surface area (Å²) in [6.45, 7) is 0.110. The van der Waals surface area contributed by atoms with Crippen molar-refractivity contribution in [3.63, 3.8) is 0 Å². The van der Waals surface area contributed by atoms with Crippen LogP contribution in [0.1, 0.15) is 12.0 Å². The molecule has 0 aliphatic carbocycles. The number of rotatable bonds is 5. The van der Waals surface area contributed by atoms with E-state index in [9.17, 15) is 19.1 Å². The van der Waals surface area contributed by atoms with Gasteiger partial charge in [-0.05, 0) is 17.7 Å². The summed E-state index contributed by atoms with van der Waals surface area (Å²) in [6, 6.07) is 4.56. The summed E-state index contributed by atoms with van der Waals surface area (Å²) < 4.78 is 12.8. The molecule has 1 aliphatic heterocycles. The van der Waals surface area contributed by atoms with Gasteiger partial charge in [0.1, 0.15) is 11.9 Å². The molecule has 1 amide bonds. The van der Waals surface area contributed by atoms with Crippen LogP contribution in [0.15, 0.2) is 24.3 Å². The summed E-state index contributed by atoms with van der Waals surface area (Å²) in [4.78, 5) is 24.5. The van der Waals surface area contributed by atoms with Crippen molar-refractivity contribution in [2.75, 3.05) is 13.2 Å². The fourth-order valence-corrected chi connectivity index (χ4v) is 2.41. The Balaban J connectivity index is 2.13. The monoisotopic (exact) mass is 281 g/mol. The molecule has 1 aromatic rings. The molecule has 2 N–H and O–H groups in total. The summed E-state index contributed by atoms with van der Waals surface area (Å²) in [6.07, 6.45) is 0.295. The quantitative estimate of drug-likeness (QED) is 0.831. The molecule has 1 unspecified atom stereocenters. The van der Waals surface area contributed by atoms with Crippen LogP contribution in [0.5, 0.6) is 0 Å². The number of nitrogens with zero attached hydrogens (tertiary/aromatic N) is 1. The average Bonchev–Trinajstić information content (AvgIpc) is 2.79. The first-order valence-electron chi connectivity index (χ1n) is 6.39. The normalized spacial score (nSPS) is 20.2. The molecule has 20 heavy (non-hydrogen) atoms. The van der Waals surface area contributed by atoms with Crippen LogP contribution in [-0.4, -0.2) is 46.2 Å². The third kappa shape index (κ3) is 3.14. The maximum Gasteiger partial charge on any atom is 0.326 e. The topological polar surface area (TPSA) is 77.8 Å². The van der Waals surface area contributed by atoms with Gasteiger partial charge in [-0.2, -0.15) is 0 Å². The molecule has 2 rings (SSSR count). The number of benzene rings is 1. The summed E-state index contributed by atoms with van der Waals surface area (Å²) >= 11 is 0. The van der Waals surface area contributed by atoms with E-state index in [1.54, 1.807) is 0 Å². The van der Waals surface area contributed by atoms with Crippen LogP contribution in [-0.2, 0) is 16.0 Å². The molecule has 0 spiro atoms. The molecule has 1 aromatic carbocycles. The second-order valence-corrected chi connectivity index (χ2v) is 4.98. The first-order chi connectivity index (χ1) is 9.51. The largest absolute Gasteiger partial charge is 0.480 e. The minimum Gasteiger partial charge on any atom is -0.480 e. The van der Waals surface area contributed by atoms with Gasteiger partial charge in [0, 0.05) is 31.9 Å². The number of aliphatic hydroxyl groups is 1. The predicted molar refractivity (Wildman–Crippen MR) is 68.4 cm³/mol. The van der Waals surface area contributed by atoms with Crippen molar-refractivity contribution in [2.45, 2.75) is 18.9 Å². The lowest BCUT2D eigenvalue weighted by Gasteiger charge is -2.24.